The van der Waals surface area contributed by atoms with Gasteiger partial charge in [0.05, 0.1) is 33.2 Å². The van der Waals surface area contributed by atoms with Crippen LogP contribution in [0, 0.1) is 0 Å². The Morgan fingerprint density at radius 1 is 0.295 bits per heavy atom. The number of benzene rings is 10. The fraction of sp³-hybridized carbons (Fsp3) is 0.0169. The molecule has 61 heavy (non-hydrogen) atoms. The van der Waals surface area contributed by atoms with Crippen LogP contribution in [-0.4, -0.2) is 9.13 Å². The Morgan fingerprint density at radius 3 is 1.64 bits per heavy atom. The first-order valence-electron chi connectivity index (χ1n) is 21.2. The fourth-order valence-electron chi connectivity index (χ4n) is 10.8. The quantitative estimate of drug-likeness (QED) is 0.165. The van der Waals surface area contributed by atoms with E-state index in [0.29, 0.717) is 0 Å². The van der Waals surface area contributed by atoms with Crippen LogP contribution in [0.25, 0.3) is 88.0 Å². The van der Waals surface area contributed by atoms with Crippen molar-refractivity contribution in [3.05, 3.63) is 253 Å². The zero-order chi connectivity index (χ0) is 40.1. The smallest absolute Gasteiger partial charge is 0.0714 e. The highest BCUT2D eigenvalue weighted by Crippen LogP contribution is 2.56. The van der Waals surface area contributed by atoms with E-state index in [-0.39, 0.29) is 0 Å². The lowest BCUT2D eigenvalue weighted by molar-refractivity contribution is 0.767. The van der Waals surface area contributed by atoms with Crippen molar-refractivity contribution in [1.82, 2.24) is 9.13 Å². The molecular formula is C59H38N2. The van der Waals surface area contributed by atoms with Crippen molar-refractivity contribution in [3.63, 3.8) is 0 Å². The number of hydrogen-bond acceptors (Lipinski definition) is 0. The molecule has 0 saturated carbocycles. The van der Waals surface area contributed by atoms with Crippen molar-refractivity contribution in [2.45, 2.75) is 5.41 Å². The highest BCUT2D eigenvalue weighted by Gasteiger charge is 2.46. The number of rotatable bonds is 5. The molecule has 2 nitrogen and oxygen atoms in total. The van der Waals surface area contributed by atoms with Crippen molar-refractivity contribution in [2.75, 3.05) is 0 Å². The molecule has 0 N–H and O–H groups in total. The van der Waals surface area contributed by atoms with Gasteiger partial charge in [-0.1, -0.05) is 182 Å². The first-order valence-corrected chi connectivity index (χ1v) is 21.2. The van der Waals surface area contributed by atoms with E-state index in [0.717, 1.165) is 5.69 Å². The second-order valence-electron chi connectivity index (χ2n) is 16.4. The molecule has 10 aromatic carbocycles. The van der Waals surface area contributed by atoms with Gasteiger partial charge in [-0.3, -0.25) is 0 Å². The largest absolute Gasteiger partial charge is 0.309 e. The van der Waals surface area contributed by atoms with Crippen LogP contribution >= 0.6 is 0 Å². The Balaban J connectivity index is 1.03. The summed E-state index contributed by atoms with van der Waals surface area (Å²) in [5, 5.41) is 7.48. The van der Waals surface area contributed by atoms with E-state index in [9.17, 15) is 0 Å². The molecule has 13 rings (SSSR count). The van der Waals surface area contributed by atoms with Crippen LogP contribution in [0.4, 0.5) is 0 Å². The second-order valence-corrected chi connectivity index (χ2v) is 16.4. The van der Waals surface area contributed by atoms with E-state index < -0.39 is 5.41 Å². The zero-order valence-corrected chi connectivity index (χ0v) is 33.3. The summed E-state index contributed by atoms with van der Waals surface area (Å²) in [6.07, 6.45) is 0. The highest BCUT2D eigenvalue weighted by atomic mass is 15.0. The Bertz CT molecular complexity index is 3660. The minimum Gasteiger partial charge on any atom is -0.309 e. The average Bonchev–Trinajstić information content (AvgIpc) is 3.95. The molecule has 0 unspecified atom stereocenters. The molecule has 0 fully saturated rings. The fourth-order valence-corrected chi connectivity index (χ4v) is 10.8. The van der Waals surface area contributed by atoms with Crippen molar-refractivity contribution in [3.8, 4) is 33.6 Å². The van der Waals surface area contributed by atoms with Crippen LogP contribution in [0.15, 0.2) is 231 Å². The summed E-state index contributed by atoms with van der Waals surface area (Å²) in [5.41, 5.74) is 16.8. The van der Waals surface area contributed by atoms with Crippen LogP contribution < -0.4 is 0 Å². The molecule has 1 aliphatic rings. The third kappa shape index (κ3) is 4.79. The predicted octanol–water partition coefficient (Wildman–Crippen LogP) is 15.1. The molecular weight excluding hydrogens is 737 g/mol. The molecule has 0 atom stereocenters. The molecule has 284 valence electrons. The monoisotopic (exact) mass is 774 g/mol. The number of fused-ring (bicyclic) bond motifs is 10. The maximum absolute atomic E-state index is 2.49. The normalized spacial score (nSPS) is 13.0. The van der Waals surface area contributed by atoms with Crippen molar-refractivity contribution in [2.24, 2.45) is 0 Å². The SMILES string of the molecule is c1ccc(C2(c3ccccc3)c3ccccc3-c3ccc(-n4c5ccccc5c5ccc(-c6ccc7c(c6)c6ccccc6n7-c6cccc7ccccc67)cc54)cc32)cc1. The summed E-state index contributed by atoms with van der Waals surface area (Å²) in [7, 11) is 0. The van der Waals surface area contributed by atoms with E-state index in [4.69, 9.17) is 0 Å². The Hall–Kier alpha value is -7.94. The van der Waals surface area contributed by atoms with Gasteiger partial charge in [-0.15, -0.1) is 0 Å². The average molecular weight is 775 g/mol. The third-order valence-corrected chi connectivity index (χ3v) is 13.4. The maximum Gasteiger partial charge on any atom is 0.0714 e. The van der Waals surface area contributed by atoms with Crippen LogP contribution in [0.5, 0.6) is 0 Å². The molecule has 1 aliphatic carbocycles. The minimum atomic E-state index is -0.477. The second kappa shape index (κ2) is 13.0. The van der Waals surface area contributed by atoms with Crippen LogP contribution in [-0.2, 0) is 5.41 Å². The van der Waals surface area contributed by atoms with E-state index in [1.807, 2.05) is 0 Å². The minimum absolute atomic E-state index is 0.477. The van der Waals surface area contributed by atoms with Gasteiger partial charge in [-0.25, -0.2) is 0 Å². The number of nitrogens with zero attached hydrogens (tertiary/aromatic N) is 2. The third-order valence-electron chi connectivity index (χ3n) is 13.4. The summed E-state index contributed by atoms with van der Waals surface area (Å²) in [6.45, 7) is 0. The summed E-state index contributed by atoms with van der Waals surface area (Å²) >= 11 is 0. The zero-order valence-electron chi connectivity index (χ0n) is 33.3. The van der Waals surface area contributed by atoms with Crippen LogP contribution in [0.2, 0.25) is 0 Å². The summed E-state index contributed by atoms with van der Waals surface area (Å²) in [5.74, 6) is 0. The lowest BCUT2D eigenvalue weighted by Gasteiger charge is -2.34. The van der Waals surface area contributed by atoms with Gasteiger partial charge in [0.1, 0.15) is 0 Å². The lowest BCUT2D eigenvalue weighted by Crippen LogP contribution is -2.28. The molecule has 2 heterocycles. The van der Waals surface area contributed by atoms with Gasteiger partial charge in [0.15, 0.2) is 0 Å². The van der Waals surface area contributed by atoms with E-state index in [1.54, 1.807) is 0 Å². The standard InChI is InChI=1S/C59H38N2/c1-3-18-42(19-4-1)59(43-20-5-2-6-21-43)52-26-12-9-23-46(52)47-34-32-44(38-53(47)59)60-55-27-13-10-24-48(55)50-33-30-41(37-58(50)60)40-31-35-57-51(36-40)49-25-11-14-28-56(49)61(57)54-29-15-17-39-16-7-8-22-45(39)54/h1-38H. The molecule has 12 aromatic rings. The Labute approximate surface area is 353 Å². The van der Waals surface area contributed by atoms with Crippen molar-refractivity contribution < 1.29 is 0 Å². The first-order chi connectivity index (χ1) is 30.3. The Morgan fingerprint density at radius 2 is 0.852 bits per heavy atom. The van der Waals surface area contributed by atoms with E-state index in [2.05, 4.69) is 240 Å². The number of aromatic nitrogens is 2. The van der Waals surface area contributed by atoms with Gasteiger partial charge >= 0.3 is 0 Å². The number of hydrogen-bond donors (Lipinski definition) is 0. The molecule has 0 saturated heterocycles. The summed E-state index contributed by atoms with van der Waals surface area (Å²) < 4.78 is 4.93. The van der Waals surface area contributed by atoms with Gasteiger partial charge in [0.2, 0.25) is 0 Å². The lowest BCUT2D eigenvalue weighted by atomic mass is 9.67. The van der Waals surface area contributed by atoms with Gasteiger partial charge in [-0.2, -0.15) is 0 Å². The van der Waals surface area contributed by atoms with Crippen LogP contribution in [0.3, 0.4) is 0 Å². The predicted molar refractivity (Wildman–Crippen MR) is 255 cm³/mol. The van der Waals surface area contributed by atoms with E-state index >= 15 is 0 Å². The molecule has 0 aliphatic heterocycles. The molecule has 2 aromatic heterocycles. The molecule has 2 heteroatoms. The Kier molecular flexibility index (Phi) is 7.26. The summed E-state index contributed by atoms with van der Waals surface area (Å²) in [4.78, 5) is 0. The van der Waals surface area contributed by atoms with E-state index in [1.165, 1.54) is 105 Å². The van der Waals surface area contributed by atoms with Gasteiger partial charge < -0.3 is 9.13 Å². The molecule has 0 amide bonds. The molecule has 0 spiro atoms. The van der Waals surface area contributed by atoms with Crippen molar-refractivity contribution in [1.29, 1.82) is 0 Å². The van der Waals surface area contributed by atoms with Gasteiger partial charge in [0, 0.05) is 32.6 Å². The highest BCUT2D eigenvalue weighted by molar-refractivity contribution is 6.13. The van der Waals surface area contributed by atoms with Crippen LogP contribution in [0.1, 0.15) is 22.3 Å². The topological polar surface area (TPSA) is 9.86 Å². The summed E-state index contributed by atoms with van der Waals surface area (Å²) in [6, 6.07) is 85.4. The number of para-hydroxylation sites is 2. The molecule has 0 radical (unpaired) electrons. The first kappa shape index (κ1) is 34.0. The van der Waals surface area contributed by atoms with Crippen molar-refractivity contribution >= 4 is 54.4 Å². The molecule has 0 bridgehead atoms. The van der Waals surface area contributed by atoms with Gasteiger partial charge in [0.25, 0.3) is 0 Å². The van der Waals surface area contributed by atoms with Gasteiger partial charge in [-0.05, 0) is 98.4 Å². The maximum atomic E-state index is 2.49.